The normalized spacial score (nSPS) is 17.8. The fraction of sp³-hybridized carbons (Fsp3) is 0.250. The van der Waals surface area contributed by atoms with Crippen molar-refractivity contribution in [2.75, 3.05) is 34.4 Å². The number of halogens is 3. The summed E-state index contributed by atoms with van der Waals surface area (Å²) >= 11 is 0. The minimum absolute atomic E-state index is 0.0521. The molecule has 5 heterocycles. The molecule has 0 aliphatic carbocycles. The number of alkyl halides is 3. The highest BCUT2D eigenvalue weighted by molar-refractivity contribution is 5.95. The maximum atomic E-state index is 13.3. The molecular weight excluding hydrogens is 769 g/mol. The number of carbonyl (C=O) groups is 4. The second-order valence-electron chi connectivity index (χ2n) is 12.9. The molecule has 2 aromatic carbocycles. The SMILES string of the molecule is COc1cc(-c2cc(CN3CCN(Cc4ccnc(-c5ccc(C(F)(F)F)cc5)c4)C4(OC(=O)C=CC(=O)O4)C34OC(=O)C=CC(=O)O4)ccn2)cc(OC)c1OC. The molecule has 2 aromatic heterocycles. The van der Waals surface area contributed by atoms with Gasteiger partial charge < -0.3 is 33.2 Å². The lowest BCUT2D eigenvalue weighted by Crippen LogP contribution is -2.80. The fourth-order valence-electron chi connectivity index (χ4n) is 6.77. The molecule has 0 N–H and O–H groups in total. The molecule has 2 spiro atoms. The van der Waals surface area contributed by atoms with Crippen molar-refractivity contribution in [3.8, 4) is 39.8 Å². The second kappa shape index (κ2) is 15.6. The molecule has 0 unspecified atom stereocenters. The largest absolute Gasteiger partial charge is 0.493 e. The zero-order valence-corrected chi connectivity index (χ0v) is 31.0. The summed E-state index contributed by atoms with van der Waals surface area (Å²) in [6.07, 6.45) is 1.64. The molecule has 18 heteroatoms. The number of nitrogens with zero attached hydrogens (tertiary/aromatic N) is 4. The summed E-state index contributed by atoms with van der Waals surface area (Å²) in [6.45, 7) is -0.488. The average molecular weight is 803 g/mol. The third kappa shape index (κ3) is 7.53. The Labute approximate surface area is 328 Å². The molecule has 0 bridgehead atoms. The van der Waals surface area contributed by atoms with Crippen molar-refractivity contribution in [1.29, 1.82) is 0 Å². The van der Waals surface area contributed by atoms with E-state index in [9.17, 15) is 32.3 Å². The third-order valence-electron chi connectivity index (χ3n) is 9.40. The zero-order valence-electron chi connectivity index (χ0n) is 31.0. The topological polar surface area (TPSA) is 165 Å². The van der Waals surface area contributed by atoms with Crippen LogP contribution in [0.1, 0.15) is 16.7 Å². The maximum Gasteiger partial charge on any atom is 0.420 e. The van der Waals surface area contributed by atoms with E-state index in [0.717, 1.165) is 36.4 Å². The van der Waals surface area contributed by atoms with Gasteiger partial charge in [0.1, 0.15) is 0 Å². The number of hydrogen-bond donors (Lipinski definition) is 0. The van der Waals surface area contributed by atoms with E-state index in [1.54, 1.807) is 36.4 Å². The average Bonchev–Trinajstić information content (AvgIpc) is 3.47. The first kappa shape index (κ1) is 39.4. The van der Waals surface area contributed by atoms with Crippen LogP contribution in [0.5, 0.6) is 17.2 Å². The minimum atomic E-state index is -4.54. The van der Waals surface area contributed by atoms with Crippen LogP contribution >= 0.6 is 0 Å². The van der Waals surface area contributed by atoms with Gasteiger partial charge in [0.15, 0.2) is 11.5 Å². The molecule has 3 aliphatic heterocycles. The van der Waals surface area contributed by atoms with Crippen LogP contribution in [0.2, 0.25) is 0 Å². The number of pyridine rings is 2. The summed E-state index contributed by atoms with van der Waals surface area (Å²) in [5.74, 6) is -8.82. The van der Waals surface area contributed by atoms with E-state index < -0.39 is 47.4 Å². The number of benzene rings is 2. The minimum Gasteiger partial charge on any atom is -0.493 e. The van der Waals surface area contributed by atoms with Crippen molar-refractivity contribution in [2.24, 2.45) is 0 Å². The number of aromatic nitrogens is 2. The number of fused-ring (bicyclic) bond motifs is 1. The van der Waals surface area contributed by atoms with Crippen molar-refractivity contribution < 1.29 is 65.5 Å². The highest BCUT2D eigenvalue weighted by atomic mass is 19.4. The standard InChI is InChI=1S/C40H33F3N4O11/c1-52-31-20-27(21-32(53-2)37(31)54-3)30-19-25(13-15-45-30)23-47-17-16-46(22-24-12-14-44-29(18-24)26-4-6-28(7-5-26)38(41,42)43)39(55-33(48)8-9-34(49)56-39)40(47)57-35(50)10-11-36(51)58-40/h4-15,18-21H,16-17,22-23H2,1-3H3. The van der Waals surface area contributed by atoms with Gasteiger partial charge in [-0.3, -0.25) is 9.97 Å². The Hall–Kier alpha value is -6.79. The van der Waals surface area contributed by atoms with Crippen LogP contribution in [0.15, 0.2) is 97.4 Å². The van der Waals surface area contributed by atoms with Gasteiger partial charge in [0.25, 0.3) is 0 Å². The van der Waals surface area contributed by atoms with Crippen LogP contribution in [0, 0.1) is 0 Å². The van der Waals surface area contributed by atoms with Crippen molar-refractivity contribution in [1.82, 2.24) is 19.8 Å². The zero-order chi connectivity index (χ0) is 41.2. The lowest BCUT2D eigenvalue weighted by Gasteiger charge is -2.55. The molecular formula is C40H33F3N4O11. The van der Waals surface area contributed by atoms with Gasteiger partial charge in [-0.15, -0.1) is 0 Å². The van der Waals surface area contributed by atoms with Crippen molar-refractivity contribution in [3.05, 3.63) is 114 Å². The van der Waals surface area contributed by atoms with Crippen LogP contribution in [0.4, 0.5) is 13.2 Å². The number of hydrogen-bond acceptors (Lipinski definition) is 15. The molecule has 300 valence electrons. The van der Waals surface area contributed by atoms with Gasteiger partial charge in [0.2, 0.25) is 5.75 Å². The molecule has 1 saturated heterocycles. The van der Waals surface area contributed by atoms with Gasteiger partial charge in [-0.05, 0) is 59.7 Å². The molecule has 3 aliphatic rings. The van der Waals surface area contributed by atoms with Crippen molar-refractivity contribution >= 4 is 23.9 Å². The molecule has 1 fully saturated rings. The number of piperazine rings is 1. The van der Waals surface area contributed by atoms with E-state index in [2.05, 4.69) is 9.97 Å². The molecule has 4 aromatic rings. The Morgan fingerprint density at radius 3 is 1.40 bits per heavy atom. The number of rotatable bonds is 9. The van der Waals surface area contributed by atoms with Crippen LogP contribution < -0.4 is 14.2 Å². The molecule has 0 amide bonds. The Morgan fingerprint density at radius 2 is 1.02 bits per heavy atom. The van der Waals surface area contributed by atoms with Gasteiger partial charge in [-0.2, -0.15) is 13.2 Å². The Morgan fingerprint density at radius 1 is 0.603 bits per heavy atom. The summed E-state index contributed by atoms with van der Waals surface area (Å²) in [6, 6.07) is 14.3. The molecule has 7 rings (SSSR count). The molecule has 58 heavy (non-hydrogen) atoms. The van der Waals surface area contributed by atoms with E-state index in [1.807, 2.05) is 0 Å². The lowest BCUT2D eigenvalue weighted by atomic mass is 10.0. The third-order valence-corrected chi connectivity index (χ3v) is 9.40. The second-order valence-corrected chi connectivity index (χ2v) is 12.9. The van der Waals surface area contributed by atoms with Gasteiger partial charge in [0, 0.05) is 74.0 Å². The molecule has 0 saturated carbocycles. The number of esters is 4. The Kier molecular flexibility index (Phi) is 10.6. The van der Waals surface area contributed by atoms with E-state index in [4.69, 9.17) is 33.2 Å². The van der Waals surface area contributed by atoms with Crippen molar-refractivity contribution in [2.45, 2.75) is 31.1 Å². The van der Waals surface area contributed by atoms with Gasteiger partial charge in [-0.1, -0.05) is 12.1 Å². The van der Waals surface area contributed by atoms with Crippen LogP contribution in [-0.4, -0.2) is 89.9 Å². The molecule has 15 nitrogen and oxygen atoms in total. The molecule has 0 radical (unpaired) electrons. The first-order chi connectivity index (χ1) is 27.8. The number of carbonyl (C=O) groups excluding carboxylic acids is 4. The number of ether oxygens (including phenoxy) is 7. The van der Waals surface area contributed by atoms with Gasteiger partial charge in [0.05, 0.1) is 38.3 Å². The van der Waals surface area contributed by atoms with Crippen LogP contribution in [0.3, 0.4) is 0 Å². The van der Waals surface area contributed by atoms with E-state index in [1.165, 1.54) is 55.7 Å². The summed E-state index contributed by atoms with van der Waals surface area (Å²) in [7, 11) is 4.42. The molecule has 0 atom stereocenters. The quantitative estimate of drug-likeness (QED) is 0.212. The smallest absolute Gasteiger partial charge is 0.420 e. The summed E-state index contributed by atoms with van der Waals surface area (Å²) < 4.78 is 79.9. The van der Waals surface area contributed by atoms with E-state index in [0.29, 0.717) is 50.9 Å². The first-order valence-corrected chi connectivity index (χ1v) is 17.4. The monoisotopic (exact) mass is 802 g/mol. The predicted octanol–water partition coefficient (Wildman–Crippen LogP) is 4.79. The maximum absolute atomic E-state index is 13.3. The van der Waals surface area contributed by atoms with E-state index in [-0.39, 0.29) is 26.2 Å². The lowest BCUT2D eigenvalue weighted by molar-refractivity contribution is -0.465. The Bertz CT molecular complexity index is 2270. The summed E-state index contributed by atoms with van der Waals surface area (Å²) in [5.41, 5.74) is 1.83. The first-order valence-electron chi connectivity index (χ1n) is 17.4. The predicted molar refractivity (Wildman–Crippen MR) is 193 cm³/mol. The highest BCUT2D eigenvalue weighted by Crippen LogP contribution is 2.46. The van der Waals surface area contributed by atoms with Gasteiger partial charge in [-0.25, -0.2) is 29.0 Å². The highest BCUT2D eigenvalue weighted by Gasteiger charge is 2.74. The van der Waals surface area contributed by atoms with Crippen LogP contribution in [0.25, 0.3) is 22.5 Å². The van der Waals surface area contributed by atoms with E-state index >= 15 is 0 Å². The van der Waals surface area contributed by atoms with Crippen LogP contribution in [-0.2, 0) is 57.4 Å². The fourth-order valence-corrected chi connectivity index (χ4v) is 6.77. The van der Waals surface area contributed by atoms with Crippen molar-refractivity contribution in [3.63, 3.8) is 0 Å². The summed E-state index contributed by atoms with van der Waals surface area (Å²) in [5, 5.41) is 0. The Balaban J connectivity index is 1.30. The van der Waals surface area contributed by atoms with Gasteiger partial charge >= 0.3 is 41.9 Å². The summed E-state index contributed by atoms with van der Waals surface area (Å²) in [4.78, 5) is 64.8. The number of methoxy groups -OCH3 is 3.